The molecule has 1 aliphatic rings. The number of anilines is 3. The van der Waals surface area contributed by atoms with Gasteiger partial charge in [0.2, 0.25) is 0 Å². The van der Waals surface area contributed by atoms with E-state index in [9.17, 15) is 0 Å². The molecule has 0 spiro atoms. The monoisotopic (exact) mass is 719 g/mol. The number of thiophene rings is 1. The molecule has 0 amide bonds. The quantitative estimate of drug-likeness (QED) is 0.171. The molecule has 0 saturated carbocycles. The van der Waals surface area contributed by atoms with Crippen molar-refractivity contribution in [1.29, 1.82) is 0 Å². The highest BCUT2D eigenvalue weighted by Gasteiger charge is 2.38. The molecule has 0 radical (unpaired) electrons. The lowest BCUT2D eigenvalue weighted by atomic mass is 9.79. The molecular formula is C53H37NS. The lowest BCUT2D eigenvalue weighted by Gasteiger charge is -2.29. The van der Waals surface area contributed by atoms with E-state index in [-0.39, 0.29) is 5.41 Å². The normalized spacial score (nSPS) is 13.1. The maximum absolute atomic E-state index is 2.49. The van der Waals surface area contributed by atoms with E-state index in [2.05, 4.69) is 207 Å². The van der Waals surface area contributed by atoms with Gasteiger partial charge in [0, 0.05) is 36.7 Å². The molecule has 2 heteroatoms. The van der Waals surface area contributed by atoms with Gasteiger partial charge in [0.05, 0.1) is 11.4 Å². The summed E-state index contributed by atoms with van der Waals surface area (Å²) in [6.07, 6.45) is 0. The first-order valence-electron chi connectivity index (χ1n) is 19.1. The van der Waals surface area contributed by atoms with Gasteiger partial charge < -0.3 is 4.90 Å². The lowest BCUT2D eigenvalue weighted by molar-refractivity contribution is 0.666. The van der Waals surface area contributed by atoms with Gasteiger partial charge >= 0.3 is 0 Å². The second-order valence-corrected chi connectivity index (χ2v) is 16.3. The van der Waals surface area contributed by atoms with Crippen LogP contribution in [0.15, 0.2) is 188 Å². The fraction of sp³-hybridized carbons (Fsp3) is 0.0566. The summed E-state index contributed by atoms with van der Waals surface area (Å²) in [7, 11) is 0. The number of benzene rings is 9. The van der Waals surface area contributed by atoms with Crippen molar-refractivity contribution in [3.8, 4) is 33.4 Å². The van der Waals surface area contributed by atoms with Crippen LogP contribution < -0.4 is 4.90 Å². The smallest absolute Gasteiger partial charge is 0.0555 e. The predicted octanol–water partition coefficient (Wildman–Crippen LogP) is 15.5. The van der Waals surface area contributed by atoms with Crippen molar-refractivity contribution in [3.05, 3.63) is 199 Å². The van der Waals surface area contributed by atoms with Crippen molar-refractivity contribution in [2.75, 3.05) is 4.90 Å². The highest BCUT2D eigenvalue weighted by molar-refractivity contribution is 7.26. The Morgan fingerprint density at radius 1 is 0.436 bits per heavy atom. The molecule has 9 aromatic carbocycles. The van der Waals surface area contributed by atoms with Crippen molar-refractivity contribution in [2.45, 2.75) is 19.3 Å². The van der Waals surface area contributed by atoms with Crippen LogP contribution in [-0.4, -0.2) is 0 Å². The molecule has 0 N–H and O–H groups in total. The van der Waals surface area contributed by atoms with E-state index in [1.54, 1.807) is 0 Å². The maximum atomic E-state index is 2.49. The summed E-state index contributed by atoms with van der Waals surface area (Å²) >= 11 is 1.87. The standard InChI is InChI=1S/C53H37NS/c1-53(2)45-23-12-10-21-42(45)50-44(33-36-17-6-7-18-38(36)52(50)53)40-31-32-46(41-20-9-8-19-39(40)41)54(37-29-27-35(28-30-37)34-15-4-3-5-16-34)47-24-14-26-49-51(47)43-22-11-13-25-48(43)55-49/h3-33H,1-2H3. The number of fused-ring (bicyclic) bond motifs is 9. The Bertz CT molecular complexity index is 3110. The Kier molecular flexibility index (Phi) is 7.14. The minimum atomic E-state index is -0.123. The molecule has 1 heterocycles. The van der Waals surface area contributed by atoms with Crippen LogP contribution in [0.1, 0.15) is 25.0 Å². The summed E-state index contributed by atoms with van der Waals surface area (Å²) in [6.45, 7) is 4.79. The van der Waals surface area contributed by atoms with Crippen molar-refractivity contribution >= 4 is 70.1 Å². The molecule has 1 nitrogen and oxygen atoms in total. The summed E-state index contributed by atoms with van der Waals surface area (Å²) in [5.74, 6) is 0. The van der Waals surface area contributed by atoms with Crippen LogP contribution in [-0.2, 0) is 5.41 Å². The van der Waals surface area contributed by atoms with E-state index in [1.807, 2.05) is 11.3 Å². The van der Waals surface area contributed by atoms with Crippen LogP contribution >= 0.6 is 11.3 Å². The van der Waals surface area contributed by atoms with Gasteiger partial charge in [-0.05, 0) is 103 Å². The number of nitrogens with zero attached hydrogens (tertiary/aromatic N) is 1. The number of hydrogen-bond acceptors (Lipinski definition) is 2. The third-order valence-electron chi connectivity index (χ3n) is 11.8. The first kappa shape index (κ1) is 32.0. The average Bonchev–Trinajstić information content (AvgIpc) is 3.74. The molecule has 0 unspecified atom stereocenters. The zero-order valence-electron chi connectivity index (χ0n) is 30.8. The molecule has 1 aromatic heterocycles. The molecule has 11 rings (SSSR count). The minimum absolute atomic E-state index is 0.123. The molecule has 0 bridgehead atoms. The zero-order chi connectivity index (χ0) is 36.7. The molecule has 260 valence electrons. The fourth-order valence-electron chi connectivity index (χ4n) is 9.37. The van der Waals surface area contributed by atoms with E-state index in [4.69, 9.17) is 0 Å². The Hall–Kier alpha value is -6.48. The average molecular weight is 720 g/mol. The zero-order valence-corrected chi connectivity index (χ0v) is 31.6. The molecule has 0 atom stereocenters. The molecule has 10 aromatic rings. The SMILES string of the molecule is CC1(C)c2ccccc2-c2c(-c3ccc(N(c4ccc(-c5ccccc5)cc4)c4cccc5sc6ccccc6c45)c4ccccc34)cc3ccccc3c21. The molecule has 1 aliphatic carbocycles. The Labute approximate surface area is 325 Å². The highest BCUT2D eigenvalue weighted by atomic mass is 32.1. The second kappa shape index (κ2) is 12.3. The van der Waals surface area contributed by atoms with Crippen LogP contribution in [0.3, 0.4) is 0 Å². The Morgan fingerprint density at radius 2 is 1.09 bits per heavy atom. The van der Waals surface area contributed by atoms with Crippen LogP contribution in [0.25, 0.3) is 75.1 Å². The van der Waals surface area contributed by atoms with Gasteiger partial charge in [0.1, 0.15) is 0 Å². The van der Waals surface area contributed by atoms with Gasteiger partial charge in [-0.1, -0.05) is 159 Å². The fourth-order valence-corrected chi connectivity index (χ4v) is 10.5. The van der Waals surface area contributed by atoms with Crippen molar-refractivity contribution in [3.63, 3.8) is 0 Å². The van der Waals surface area contributed by atoms with Crippen LogP contribution in [0.5, 0.6) is 0 Å². The first-order valence-corrected chi connectivity index (χ1v) is 19.9. The van der Waals surface area contributed by atoms with Gasteiger partial charge in [-0.15, -0.1) is 11.3 Å². The largest absolute Gasteiger partial charge is 0.309 e. The van der Waals surface area contributed by atoms with Gasteiger partial charge in [0.25, 0.3) is 0 Å². The minimum Gasteiger partial charge on any atom is -0.309 e. The van der Waals surface area contributed by atoms with E-state index in [0.29, 0.717) is 0 Å². The highest BCUT2D eigenvalue weighted by Crippen LogP contribution is 2.56. The third kappa shape index (κ3) is 4.85. The van der Waals surface area contributed by atoms with Gasteiger partial charge in [-0.25, -0.2) is 0 Å². The number of hydrogen-bond donors (Lipinski definition) is 0. The number of rotatable bonds is 5. The first-order chi connectivity index (χ1) is 27.1. The third-order valence-corrected chi connectivity index (χ3v) is 13.0. The van der Waals surface area contributed by atoms with Crippen LogP contribution in [0, 0.1) is 0 Å². The van der Waals surface area contributed by atoms with Gasteiger partial charge in [-0.3, -0.25) is 0 Å². The van der Waals surface area contributed by atoms with Crippen molar-refractivity contribution < 1.29 is 0 Å². The van der Waals surface area contributed by atoms with Gasteiger partial charge in [-0.2, -0.15) is 0 Å². The molecule has 55 heavy (non-hydrogen) atoms. The molecular weight excluding hydrogens is 683 g/mol. The molecule has 0 saturated heterocycles. The maximum Gasteiger partial charge on any atom is 0.0555 e. The predicted molar refractivity (Wildman–Crippen MR) is 237 cm³/mol. The van der Waals surface area contributed by atoms with E-state index in [1.165, 1.54) is 91.9 Å². The lowest BCUT2D eigenvalue weighted by Crippen LogP contribution is -2.15. The van der Waals surface area contributed by atoms with Crippen LogP contribution in [0.2, 0.25) is 0 Å². The summed E-state index contributed by atoms with van der Waals surface area (Å²) in [5.41, 5.74) is 13.8. The van der Waals surface area contributed by atoms with Crippen LogP contribution in [0.4, 0.5) is 17.1 Å². The molecule has 0 aliphatic heterocycles. The summed E-state index contributed by atoms with van der Waals surface area (Å²) in [6, 6.07) is 69.5. The topological polar surface area (TPSA) is 3.24 Å². The van der Waals surface area contributed by atoms with Gasteiger partial charge in [0.15, 0.2) is 0 Å². The Balaban J connectivity index is 1.19. The summed E-state index contributed by atoms with van der Waals surface area (Å²) in [4.78, 5) is 2.49. The van der Waals surface area contributed by atoms with Crippen molar-refractivity contribution in [1.82, 2.24) is 0 Å². The Morgan fingerprint density at radius 3 is 1.93 bits per heavy atom. The summed E-state index contributed by atoms with van der Waals surface area (Å²) in [5, 5.41) is 7.66. The van der Waals surface area contributed by atoms with E-state index >= 15 is 0 Å². The van der Waals surface area contributed by atoms with E-state index < -0.39 is 0 Å². The summed E-state index contributed by atoms with van der Waals surface area (Å²) < 4.78 is 2.59. The van der Waals surface area contributed by atoms with E-state index in [0.717, 1.165) is 11.4 Å². The van der Waals surface area contributed by atoms with Crippen molar-refractivity contribution in [2.24, 2.45) is 0 Å². The second-order valence-electron chi connectivity index (χ2n) is 15.2. The molecule has 0 fully saturated rings.